The Morgan fingerprint density at radius 2 is 1.76 bits per heavy atom. The molecule has 2 unspecified atom stereocenters. The molecule has 0 aromatic heterocycles. The lowest BCUT2D eigenvalue weighted by atomic mass is 9.97. The van der Waals surface area contributed by atoms with Gasteiger partial charge in [-0.05, 0) is 31.9 Å². The molecule has 116 valence electrons. The van der Waals surface area contributed by atoms with Crippen molar-refractivity contribution in [3.63, 3.8) is 0 Å². The third kappa shape index (κ3) is 4.03. The van der Waals surface area contributed by atoms with E-state index < -0.39 is 5.41 Å². The van der Waals surface area contributed by atoms with E-state index in [9.17, 15) is 4.79 Å². The van der Waals surface area contributed by atoms with E-state index in [-0.39, 0.29) is 22.1 Å². The van der Waals surface area contributed by atoms with Crippen LogP contribution in [0.4, 0.5) is 0 Å². The number of thioether (sulfide) groups is 1. The molecule has 2 rings (SSSR count). The summed E-state index contributed by atoms with van der Waals surface area (Å²) >= 11 is 1.89. The molecule has 21 heavy (non-hydrogen) atoms. The van der Waals surface area contributed by atoms with Gasteiger partial charge < -0.3 is 4.74 Å². The zero-order valence-electron chi connectivity index (χ0n) is 13.9. The summed E-state index contributed by atoms with van der Waals surface area (Å²) in [6.45, 7) is 12.3. The van der Waals surface area contributed by atoms with Crippen LogP contribution >= 0.6 is 11.8 Å². The van der Waals surface area contributed by atoms with E-state index in [1.54, 1.807) is 0 Å². The standard InChI is InChI=1S/C18H26O2S/c1-17(2,3)16(19)20-14-11-12-9-7-8-10-13(12)15(14)21-18(4,5)6/h7-10,14-15H,11H2,1-6H3. The number of benzene rings is 1. The second-order valence-electron chi connectivity index (χ2n) is 7.75. The zero-order valence-corrected chi connectivity index (χ0v) is 14.7. The van der Waals surface area contributed by atoms with Crippen LogP contribution in [-0.4, -0.2) is 16.8 Å². The van der Waals surface area contributed by atoms with Gasteiger partial charge in [-0.3, -0.25) is 4.79 Å². The van der Waals surface area contributed by atoms with Crippen molar-refractivity contribution in [2.45, 2.75) is 64.1 Å². The molecule has 3 heteroatoms. The van der Waals surface area contributed by atoms with E-state index >= 15 is 0 Å². The van der Waals surface area contributed by atoms with Crippen molar-refractivity contribution in [3.05, 3.63) is 35.4 Å². The molecule has 0 fully saturated rings. The molecule has 0 heterocycles. The Morgan fingerprint density at radius 1 is 1.14 bits per heavy atom. The summed E-state index contributed by atoms with van der Waals surface area (Å²) in [6.07, 6.45) is 0.768. The fourth-order valence-electron chi connectivity index (χ4n) is 2.46. The fraction of sp³-hybridized carbons (Fsp3) is 0.611. The summed E-state index contributed by atoms with van der Waals surface area (Å²) < 4.78 is 5.99. The van der Waals surface area contributed by atoms with Crippen molar-refractivity contribution in [2.75, 3.05) is 0 Å². The van der Waals surface area contributed by atoms with Crippen molar-refractivity contribution in [3.8, 4) is 0 Å². The van der Waals surface area contributed by atoms with Gasteiger partial charge in [0.25, 0.3) is 0 Å². The van der Waals surface area contributed by atoms with Crippen LogP contribution in [0.15, 0.2) is 24.3 Å². The minimum absolute atomic E-state index is 0.0571. The van der Waals surface area contributed by atoms with E-state index in [1.807, 2.05) is 32.5 Å². The molecule has 1 aromatic carbocycles. The first-order valence-electron chi connectivity index (χ1n) is 7.54. The van der Waals surface area contributed by atoms with E-state index in [0.29, 0.717) is 0 Å². The molecule has 1 aliphatic carbocycles. The van der Waals surface area contributed by atoms with Crippen LogP contribution < -0.4 is 0 Å². The molecule has 1 aromatic rings. The molecule has 0 saturated carbocycles. The van der Waals surface area contributed by atoms with Gasteiger partial charge in [0.1, 0.15) is 6.10 Å². The minimum atomic E-state index is -0.453. The first-order valence-corrected chi connectivity index (χ1v) is 8.42. The molecule has 0 aliphatic heterocycles. The van der Waals surface area contributed by atoms with Gasteiger partial charge in [0.2, 0.25) is 0 Å². The Labute approximate surface area is 132 Å². The maximum Gasteiger partial charge on any atom is 0.311 e. The Balaban J connectivity index is 2.23. The van der Waals surface area contributed by atoms with Crippen molar-refractivity contribution < 1.29 is 9.53 Å². The van der Waals surface area contributed by atoms with Gasteiger partial charge in [-0.1, -0.05) is 45.0 Å². The minimum Gasteiger partial charge on any atom is -0.460 e. The first-order chi connectivity index (χ1) is 9.58. The third-order valence-electron chi connectivity index (χ3n) is 3.47. The van der Waals surface area contributed by atoms with Crippen LogP contribution in [0.3, 0.4) is 0 Å². The highest BCUT2D eigenvalue weighted by molar-refractivity contribution is 8.00. The average Bonchev–Trinajstić information content (AvgIpc) is 2.64. The Morgan fingerprint density at radius 3 is 2.33 bits per heavy atom. The average molecular weight is 306 g/mol. The lowest BCUT2D eigenvalue weighted by Crippen LogP contribution is -2.30. The maximum absolute atomic E-state index is 12.3. The van der Waals surface area contributed by atoms with Crippen LogP contribution in [0.25, 0.3) is 0 Å². The summed E-state index contributed by atoms with van der Waals surface area (Å²) in [5.74, 6) is -0.111. The van der Waals surface area contributed by atoms with Gasteiger partial charge >= 0.3 is 5.97 Å². The number of esters is 1. The smallest absolute Gasteiger partial charge is 0.311 e. The molecule has 0 radical (unpaired) electrons. The van der Waals surface area contributed by atoms with Crippen molar-refractivity contribution >= 4 is 17.7 Å². The number of rotatable bonds is 2. The van der Waals surface area contributed by atoms with Gasteiger partial charge in [-0.2, -0.15) is 0 Å². The molecule has 2 atom stereocenters. The van der Waals surface area contributed by atoms with Crippen LogP contribution in [0.5, 0.6) is 0 Å². The van der Waals surface area contributed by atoms with E-state index in [0.717, 1.165) is 6.42 Å². The third-order valence-corrected chi connectivity index (χ3v) is 4.99. The molecule has 0 spiro atoms. The molecule has 0 bridgehead atoms. The lowest BCUT2D eigenvalue weighted by molar-refractivity contribution is -0.158. The number of carbonyl (C=O) groups is 1. The van der Waals surface area contributed by atoms with Gasteiger partial charge in [0.05, 0.1) is 10.7 Å². The number of ether oxygens (including phenoxy) is 1. The van der Waals surface area contributed by atoms with Crippen LogP contribution in [0, 0.1) is 5.41 Å². The van der Waals surface area contributed by atoms with Crippen LogP contribution in [0.2, 0.25) is 0 Å². The van der Waals surface area contributed by atoms with Crippen LogP contribution in [0.1, 0.15) is 57.9 Å². The van der Waals surface area contributed by atoms with Crippen LogP contribution in [-0.2, 0) is 16.0 Å². The predicted molar refractivity (Wildman–Crippen MR) is 89.6 cm³/mol. The summed E-state index contributed by atoms with van der Waals surface area (Å²) in [6, 6.07) is 8.45. The molecule has 0 amide bonds. The fourth-order valence-corrected chi connectivity index (χ4v) is 3.88. The number of hydrogen-bond acceptors (Lipinski definition) is 3. The SMILES string of the molecule is CC(C)(C)SC1c2ccccc2CC1OC(=O)C(C)(C)C. The molecule has 0 saturated heterocycles. The quantitative estimate of drug-likeness (QED) is 0.736. The Bertz CT molecular complexity index is 523. The van der Waals surface area contributed by atoms with E-state index in [4.69, 9.17) is 4.74 Å². The monoisotopic (exact) mass is 306 g/mol. The summed E-state index contributed by atoms with van der Waals surface area (Å²) in [4.78, 5) is 12.3. The molecular formula is C18H26O2S. The maximum atomic E-state index is 12.3. The number of fused-ring (bicyclic) bond motifs is 1. The van der Waals surface area contributed by atoms with E-state index in [2.05, 4.69) is 45.0 Å². The van der Waals surface area contributed by atoms with Crippen molar-refractivity contribution in [2.24, 2.45) is 5.41 Å². The molecule has 0 N–H and O–H groups in total. The van der Waals surface area contributed by atoms with Gasteiger partial charge in [0.15, 0.2) is 0 Å². The second-order valence-corrected chi connectivity index (χ2v) is 9.72. The van der Waals surface area contributed by atoms with E-state index in [1.165, 1.54) is 11.1 Å². The Kier molecular flexibility index (Phi) is 4.44. The zero-order chi connectivity index (χ0) is 15.8. The summed E-state index contributed by atoms with van der Waals surface area (Å²) in [5.41, 5.74) is 2.18. The first kappa shape index (κ1) is 16.4. The topological polar surface area (TPSA) is 26.3 Å². The largest absolute Gasteiger partial charge is 0.460 e. The van der Waals surface area contributed by atoms with Gasteiger partial charge in [0, 0.05) is 11.2 Å². The molecular weight excluding hydrogens is 280 g/mol. The van der Waals surface area contributed by atoms with Gasteiger partial charge in [-0.25, -0.2) is 0 Å². The lowest BCUT2D eigenvalue weighted by Gasteiger charge is -2.29. The van der Waals surface area contributed by atoms with Crippen molar-refractivity contribution in [1.82, 2.24) is 0 Å². The van der Waals surface area contributed by atoms with Gasteiger partial charge in [-0.15, -0.1) is 11.8 Å². The predicted octanol–water partition coefficient (Wildman–Crippen LogP) is 4.77. The molecule has 1 aliphatic rings. The second kappa shape index (κ2) is 5.68. The summed E-state index contributed by atoms with van der Waals surface area (Å²) in [7, 11) is 0. The van der Waals surface area contributed by atoms with Crippen molar-refractivity contribution in [1.29, 1.82) is 0 Å². The number of carbonyl (C=O) groups excluding carboxylic acids is 1. The normalized spacial score (nSPS) is 22.0. The highest BCUT2D eigenvalue weighted by Crippen LogP contribution is 2.48. The number of hydrogen-bond donors (Lipinski definition) is 0. The summed E-state index contributed by atoms with van der Waals surface area (Å²) in [5, 5.41) is 0.229. The highest BCUT2D eigenvalue weighted by atomic mass is 32.2. The Hall–Kier alpha value is -0.960. The molecule has 2 nitrogen and oxygen atoms in total. The highest BCUT2D eigenvalue weighted by Gasteiger charge is 2.39.